The molecule has 4 nitrogen and oxygen atoms in total. The molecular weight excluding hydrogens is 290 g/mol. The van der Waals surface area contributed by atoms with Crippen LogP contribution < -0.4 is 0 Å². The second-order valence-electron chi connectivity index (χ2n) is 4.64. The Morgan fingerprint density at radius 3 is 2.40 bits per heavy atom. The third-order valence-electron chi connectivity index (χ3n) is 3.04. The molecule has 0 aliphatic carbocycles. The molecule has 0 saturated carbocycles. The Labute approximate surface area is 116 Å². The maximum Gasteiger partial charge on any atom is 0.322 e. The number of aliphatic carboxylic acids is 1. The van der Waals surface area contributed by atoms with E-state index in [0.29, 0.717) is 18.9 Å². The van der Waals surface area contributed by atoms with Gasteiger partial charge in [0.1, 0.15) is 16.5 Å². The lowest BCUT2D eigenvalue weighted by Gasteiger charge is -2.20. The zero-order valence-corrected chi connectivity index (χ0v) is 12.0. The van der Waals surface area contributed by atoms with Crippen LogP contribution >= 0.6 is 0 Å². The van der Waals surface area contributed by atoms with Crippen LogP contribution in [0.15, 0.2) is 23.1 Å². The number of carbonyl (C=O) groups is 1. The van der Waals surface area contributed by atoms with E-state index in [1.165, 1.54) is 6.92 Å². The standard InChI is InChI=1S/C13H16F2O4S/c1-3-4-8(2)12(13(16)17)20(18,19)11-6-5-9(14)7-10(11)15/h5-8,12H,3-4H2,1-2H3,(H,16,17). The van der Waals surface area contributed by atoms with Gasteiger partial charge < -0.3 is 5.11 Å². The first-order valence-electron chi connectivity index (χ1n) is 6.13. The van der Waals surface area contributed by atoms with E-state index in [9.17, 15) is 22.0 Å². The molecule has 1 rings (SSSR count). The molecule has 112 valence electrons. The normalized spacial score (nSPS) is 14.8. The summed E-state index contributed by atoms with van der Waals surface area (Å²) in [5.41, 5.74) is 0. The molecule has 7 heteroatoms. The van der Waals surface area contributed by atoms with Gasteiger partial charge in [0, 0.05) is 6.07 Å². The second kappa shape index (κ2) is 6.30. The van der Waals surface area contributed by atoms with Gasteiger partial charge in [-0.05, 0) is 24.5 Å². The van der Waals surface area contributed by atoms with E-state index in [0.717, 1.165) is 12.1 Å². The number of carboxylic acids is 1. The van der Waals surface area contributed by atoms with Crippen molar-refractivity contribution in [1.82, 2.24) is 0 Å². The van der Waals surface area contributed by atoms with Gasteiger partial charge in [0.25, 0.3) is 0 Å². The minimum atomic E-state index is -4.41. The van der Waals surface area contributed by atoms with Crippen LogP contribution in [0.3, 0.4) is 0 Å². The highest BCUT2D eigenvalue weighted by atomic mass is 32.2. The molecule has 20 heavy (non-hydrogen) atoms. The topological polar surface area (TPSA) is 71.4 Å². The SMILES string of the molecule is CCCC(C)C(C(=O)O)S(=O)(=O)c1ccc(F)cc1F. The van der Waals surface area contributed by atoms with Crippen molar-refractivity contribution in [3.63, 3.8) is 0 Å². The van der Waals surface area contributed by atoms with Gasteiger partial charge in [-0.15, -0.1) is 0 Å². The van der Waals surface area contributed by atoms with Gasteiger partial charge >= 0.3 is 5.97 Å². The molecule has 2 atom stereocenters. The van der Waals surface area contributed by atoms with Crippen LogP contribution in [0.5, 0.6) is 0 Å². The Hall–Kier alpha value is -1.50. The van der Waals surface area contributed by atoms with Gasteiger partial charge in [0.15, 0.2) is 15.1 Å². The monoisotopic (exact) mass is 306 g/mol. The lowest BCUT2D eigenvalue weighted by Crippen LogP contribution is -2.36. The molecule has 0 fully saturated rings. The van der Waals surface area contributed by atoms with Crippen LogP contribution in [0.1, 0.15) is 26.7 Å². The highest BCUT2D eigenvalue weighted by molar-refractivity contribution is 7.92. The van der Waals surface area contributed by atoms with Crippen LogP contribution in [-0.2, 0) is 14.6 Å². The summed E-state index contributed by atoms with van der Waals surface area (Å²) >= 11 is 0. The molecular formula is C13H16F2O4S. The third kappa shape index (κ3) is 3.33. The van der Waals surface area contributed by atoms with E-state index in [1.54, 1.807) is 6.92 Å². The molecule has 0 heterocycles. The highest BCUT2D eigenvalue weighted by Gasteiger charge is 2.39. The summed E-state index contributed by atoms with van der Waals surface area (Å²) in [6.45, 7) is 3.28. The molecule has 0 aromatic heterocycles. The maximum absolute atomic E-state index is 13.6. The van der Waals surface area contributed by atoms with Gasteiger partial charge in [-0.2, -0.15) is 0 Å². The number of halogens is 2. The maximum atomic E-state index is 13.6. The molecule has 0 aliphatic rings. The van der Waals surface area contributed by atoms with Crippen molar-refractivity contribution >= 4 is 15.8 Å². The summed E-state index contributed by atoms with van der Waals surface area (Å²) in [6, 6.07) is 1.98. The summed E-state index contributed by atoms with van der Waals surface area (Å²) in [6.07, 6.45) is 0.978. The van der Waals surface area contributed by atoms with Gasteiger partial charge in [-0.3, -0.25) is 4.79 Å². The largest absolute Gasteiger partial charge is 0.480 e. The Balaban J connectivity index is 3.33. The molecule has 0 saturated heterocycles. The number of benzene rings is 1. The zero-order chi connectivity index (χ0) is 15.5. The predicted octanol–water partition coefficient (Wildman–Crippen LogP) is 2.63. The fourth-order valence-electron chi connectivity index (χ4n) is 2.13. The summed E-state index contributed by atoms with van der Waals surface area (Å²) in [7, 11) is -4.41. The number of hydrogen-bond acceptors (Lipinski definition) is 3. The summed E-state index contributed by atoms with van der Waals surface area (Å²) in [5.74, 6) is -4.41. The Kier molecular flexibility index (Phi) is 5.21. The molecule has 0 aliphatic heterocycles. The van der Waals surface area contributed by atoms with Crippen molar-refractivity contribution in [1.29, 1.82) is 0 Å². The van der Waals surface area contributed by atoms with Gasteiger partial charge in [0.2, 0.25) is 0 Å². The van der Waals surface area contributed by atoms with Crippen LogP contribution in [0.4, 0.5) is 8.78 Å². The Morgan fingerprint density at radius 1 is 1.35 bits per heavy atom. The first-order valence-corrected chi connectivity index (χ1v) is 7.68. The molecule has 1 aromatic carbocycles. The van der Waals surface area contributed by atoms with Crippen LogP contribution in [-0.4, -0.2) is 24.7 Å². The average Bonchev–Trinajstić information content (AvgIpc) is 2.27. The average molecular weight is 306 g/mol. The van der Waals surface area contributed by atoms with Crippen LogP contribution in [0.25, 0.3) is 0 Å². The lowest BCUT2D eigenvalue weighted by atomic mass is 10.0. The Morgan fingerprint density at radius 2 is 1.95 bits per heavy atom. The van der Waals surface area contributed by atoms with Gasteiger partial charge in [-0.25, -0.2) is 17.2 Å². The van der Waals surface area contributed by atoms with E-state index in [1.807, 2.05) is 0 Å². The quantitative estimate of drug-likeness (QED) is 0.820. The van der Waals surface area contributed by atoms with Crippen molar-refractivity contribution in [2.75, 3.05) is 0 Å². The zero-order valence-electron chi connectivity index (χ0n) is 11.1. The molecule has 0 spiro atoms. The molecule has 1 N–H and O–H groups in total. The van der Waals surface area contributed by atoms with Crippen LogP contribution in [0, 0.1) is 17.6 Å². The van der Waals surface area contributed by atoms with E-state index in [4.69, 9.17) is 5.11 Å². The first-order chi connectivity index (χ1) is 9.21. The van der Waals surface area contributed by atoms with Crippen molar-refractivity contribution in [3.8, 4) is 0 Å². The Bertz CT molecular complexity index is 598. The van der Waals surface area contributed by atoms with Crippen molar-refractivity contribution < 1.29 is 27.1 Å². The summed E-state index contributed by atoms with van der Waals surface area (Å²) < 4.78 is 51.0. The second-order valence-corrected chi connectivity index (χ2v) is 6.68. The van der Waals surface area contributed by atoms with E-state index >= 15 is 0 Å². The number of rotatable bonds is 6. The van der Waals surface area contributed by atoms with E-state index < -0.39 is 43.5 Å². The summed E-state index contributed by atoms with van der Waals surface area (Å²) in [5, 5.41) is 7.39. The summed E-state index contributed by atoms with van der Waals surface area (Å²) in [4.78, 5) is 10.5. The number of sulfone groups is 1. The molecule has 0 amide bonds. The van der Waals surface area contributed by atoms with Gasteiger partial charge in [-0.1, -0.05) is 20.3 Å². The van der Waals surface area contributed by atoms with E-state index in [-0.39, 0.29) is 0 Å². The smallest absolute Gasteiger partial charge is 0.322 e. The van der Waals surface area contributed by atoms with Gasteiger partial charge in [0.05, 0.1) is 0 Å². The fourth-order valence-corrected chi connectivity index (χ4v) is 4.01. The molecule has 1 aromatic rings. The van der Waals surface area contributed by atoms with Crippen molar-refractivity contribution in [2.45, 2.75) is 36.8 Å². The van der Waals surface area contributed by atoms with Crippen molar-refractivity contribution in [2.24, 2.45) is 5.92 Å². The number of carboxylic acid groups (broad SMARTS) is 1. The molecule has 2 unspecified atom stereocenters. The minimum Gasteiger partial charge on any atom is -0.480 e. The predicted molar refractivity (Wildman–Crippen MR) is 69.0 cm³/mol. The fraction of sp³-hybridized carbons (Fsp3) is 0.462. The van der Waals surface area contributed by atoms with E-state index in [2.05, 4.69) is 0 Å². The van der Waals surface area contributed by atoms with Crippen molar-refractivity contribution in [3.05, 3.63) is 29.8 Å². The highest BCUT2D eigenvalue weighted by Crippen LogP contribution is 2.27. The number of hydrogen-bond donors (Lipinski definition) is 1. The third-order valence-corrected chi connectivity index (χ3v) is 5.32. The van der Waals surface area contributed by atoms with Crippen LogP contribution in [0.2, 0.25) is 0 Å². The minimum absolute atomic E-state index is 0.374. The molecule has 0 bridgehead atoms. The first kappa shape index (κ1) is 16.6. The molecule has 0 radical (unpaired) electrons. The lowest BCUT2D eigenvalue weighted by molar-refractivity contribution is -0.137.